The van der Waals surface area contributed by atoms with Gasteiger partial charge in [0, 0.05) is 11.6 Å². The topological polar surface area (TPSA) is 12.0 Å². The minimum absolute atomic E-state index is 0.528. The van der Waals surface area contributed by atoms with Gasteiger partial charge < -0.3 is 5.32 Å². The highest BCUT2D eigenvalue weighted by Crippen LogP contribution is 2.10. The Labute approximate surface area is 43.7 Å². The van der Waals surface area contributed by atoms with Gasteiger partial charge in [0.2, 0.25) is 0 Å². The molecule has 1 aliphatic rings. The van der Waals surface area contributed by atoms with Crippen molar-refractivity contribution >= 4 is 0 Å². The summed E-state index contributed by atoms with van der Waals surface area (Å²) in [5.74, 6) is 0.528. The molecule has 0 aromatic heterocycles. The van der Waals surface area contributed by atoms with E-state index < -0.39 is 0 Å². The number of hydrogen-bond acceptors (Lipinski definition) is 1. The average molecular weight is 95.1 g/mol. The van der Waals surface area contributed by atoms with Crippen molar-refractivity contribution in [3.8, 4) is 0 Å². The summed E-state index contributed by atoms with van der Waals surface area (Å²) in [6, 6.07) is 0. The van der Waals surface area contributed by atoms with E-state index in [1.165, 1.54) is 0 Å². The summed E-state index contributed by atoms with van der Waals surface area (Å²) in [6.07, 6.45) is 4.01. The predicted molar refractivity (Wildman–Crippen MR) is 30.6 cm³/mol. The van der Waals surface area contributed by atoms with E-state index in [1.807, 2.05) is 6.20 Å². The number of rotatable bonds is 0. The molecule has 0 aromatic carbocycles. The zero-order valence-corrected chi connectivity index (χ0v) is 4.44. The molecule has 0 saturated carbocycles. The molecule has 0 unspecified atom stereocenters. The lowest BCUT2D eigenvalue weighted by atomic mass is 10.2. The molecular weight excluding hydrogens is 86.1 g/mol. The Morgan fingerprint density at radius 3 is 2.71 bits per heavy atom. The predicted octanol–water partition coefficient (Wildman–Crippen LogP) is 1.25. The van der Waals surface area contributed by atoms with Crippen molar-refractivity contribution in [1.29, 1.82) is 0 Å². The van der Waals surface area contributed by atoms with Crippen molar-refractivity contribution in [2.24, 2.45) is 5.92 Å². The van der Waals surface area contributed by atoms with Crippen LogP contribution in [0.2, 0.25) is 0 Å². The third-order valence-electron chi connectivity index (χ3n) is 1.20. The van der Waals surface area contributed by atoms with E-state index in [-0.39, 0.29) is 0 Å². The second kappa shape index (κ2) is 1.41. The maximum absolute atomic E-state index is 3.76. The molecule has 1 atom stereocenters. The highest BCUT2D eigenvalue weighted by molar-refractivity contribution is 5.14. The van der Waals surface area contributed by atoms with Crippen LogP contribution in [0.15, 0.2) is 24.6 Å². The first kappa shape index (κ1) is 4.44. The second-order valence-electron chi connectivity index (χ2n) is 1.82. The standard InChI is InChI=1S/C6H9N/c1-5-3-4-7-6(5)2/h3-5,7H,2H2,1H3/t5-/m0/s1. The first-order valence-corrected chi connectivity index (χ1v) is 2.42. The lowest BCUT2D eigenvalue weighted by molar-refractivity contribution is 0.850. The average Bonchev–Trinajstić information content (AvgIpc) is 1.91. The van der Waals surface area contributed by atoms with Gasteiger partial charge in [-0.15, -0.1) is 0 Å². The molecule has 0 fully saturated rings. The number of hydrogen-bond donors (Lipinski definition) is 1. The summed E-state index contributed by atoms with van der Waals surface area (Å²) in [5.41, 5.74) is 1.10. The summed E-state index contributed by atoms with van der Waals surface area (Å²) < 4.78 is 0. The quantitative estimate of drug-likeness (QED) is 0.477. The molecule has 0 bridgehead atoms. The zero-order valence-electron chi connectivity index (χ0n) is 4.44. The third-order valence-corrected chi connectivity index (χ3v) is 1.20. The van der Waals surface area contributed by atoms with Crippen LogP contribution in [0.1, 0.15) is 6.92 Å². The van der Waals surface area contributed by atoms with Crippen LogP contribution in [0, 0.1) is 5.92 Å². The fourth-order valence-electron chi connectivity index (χ4n) is 0.547. The monoisotopic (exact) mass is 95.1 g/mol. The van der Waals surface area contributed by atoms with E-state index in [9.17, 15) is 0 Å². The van der Waals surface area contributed by atoms with E-state index in [0.717, 1.165) is 5.70 Å². The number of allylic oxidation sites excluding steroid dienone is 1. The lowest BCUT2D eigenvalue weighted by Gasteiger charge is -1.98. The Morgan fingerprint density at radius 1 is 1.86 bits per heavy atom. The highest BCUT2D eigenvalue weighted by atomic mass is 14.9. The Kier molecular flexibility index (Phi) is 0.895. The van der Waals surface area contributed by atoms with Gasteiger partial charge in [0.05, 0.1) is 0 Å². The molecule has 0 aliphatic carbocycles. The van der Waals surface area contributed by atoms with Crippen molar-refractivity contribution in [3.63, 3.8) is 0 Å². The van der Waals surface area contributed by atoms with Crippen molar-refractivity contribution in [2.45, 2.75) is 6.92 Å². The minimum Gasteiger partial charge on any atom is -0.365 e. The van der Waals surface area contributed by atoms with E-state index in [4.69, 9.17) is 0 Å². The van der Waals surface area contributed by atoms with Crippen LogP contribution in [0.4, 0.5) is 0 Å². The first-order chi connectivity index (χ1) is 3.30. The Balaban J connectivity index is 2.62. The maximum atomic E-state index is 3.76. The summed E-state index contributed by atoms with van der Waals surface area (Å²) in [5, 5.41) is 2.99. The molecule has 1 N–H and O–H groups in total. The molecule has 0 amide bonds. The Bertz CT molecular complexity index is 113. The van der Waals surface area contributed by atoms with Crippen molar-refractivity contribution < 1.29 is 0 Å². The van der Waals surface area contributed by atoms with Crippen LogP contribution >= 0.6 is 0 Å². The minimum atomic E-state index is 0.528. The van der Waals surface area contributed by atoms with Crippen molar-refractivity contribution in [2.75, 3.05) is 0 Å². The SMILES string of the molecule is C=C1NC=C[C@@H]1C. The smallest absolute Gasteiger partial charge is 0.0152 e. The third kappa shape index (κ3) is 0.660. The Morgan fingerprint density at radius 2 is 2.57 bits per heavy atom. The van der Waals surface area contributed by atoms with Gasteiger partial charge in [-0.2, -0.15) is 0 Å². The molecule has 7 heavy (non-hydrogen) atoms. The van der Waals surface area contributed by atoms with Crippen LogP contribution in [0.5, 0.6) is 0 Å². The molecule has 0 saturated heterocycles. The molecule has 1 rings (SSSR count). The molecule has 1 nitrogen and oxygen atoms in total. The van der Waals surface area contributed by atoms with Crippen LogP contribution in [-0.4, -0.2) is 0 Å². The van der Waals surface area contributed by atoms with E-state index in [1.54, 1.807) is 0 Å². The molecule has 0 radical (unpaired) electrons. The Hall–Kier alpha value is -0.720. The van der Waals surface area contributed by atoms with E-state index in [2.05, 4.69) is 24.9 Å². The summed E-state index contributed by atoms with van der Waals surface area (Å²) in [6.45, 7) is 5.87. The molecule has 1 aliphatic heterocycles. The first-order valence-electron chi connectivity index (χ1n) is 2.42. The van der Waals surface area contributed by atoms with Crippen molar-refractivity contribution in [1.82, 2.24) is 5.32 Å². The van der Waals surface area contributed by atoms with Gasteiger partial charge in [-0.05, 0) is 6.20 Å². The van der Waals surface area contributed by atoms with Gasteiger partial charge in [-0.3, -0.25) is 0 Å². The van der Waals surface area contributed by atoms with Crippen LogP contribution in [-0.2, 0) is 0 Å². The molecular formula is C6H9N. The van der Waals surface area contributed by atoms with Crippen LogP contribution < -0.4 is 5.32 Å². The van der Waals surface area contributed by atoms with Gasteiger partial charge in [0.15, 0.2) is 0 Å². The maximum Gasteiger partial charge on any atom is 0.0152 e. The summed E-state index contributed by atoms with van der Waals surface area (Å²) >= 11 is 0. The van der Waals surface area contributed by atoms with E-state index in [0.29, 0.717) is 5.92 Å². The summed E-state index contributed by atoms with van der Waals surface area (Å²) in [7, 11) is 0. The fraction of sp³-hybridized carbons (Fsp3) is 0.333. The zero-order chi connectivity index (χ0) is 5.28. The summed E-state index contributed by atoms with van der Waals surface area (Å²) in [4.78, 5) is 0. The van der Waals surface area contributed by atoms with Gasteiger partial charge >= 0.3 is 0 Å². The molecule has 0 aromatic rings. The molecule has 1 heteroatoms. The van der Waals surface area contributed by atoms with Crippen LogP contribution in [0.25, 0.3) is 0 Å². The van der Waals surface area contributed by atoms with E-state index >= 15 is 0 Å². The fourth-order valence-corrected chi connectivity index (χ4v) is 0.547. The largest absolute Gasteiger partial charge is 0.365 e. The lowest BCUT2D eigenvalue weighted by Crippen LogP contribution is -2.00. The van der Waals surface area contributed by atoms with Gasteiger partial charge in [0.25, 0.3) is 0 Å². The molecule has 0 spiro atoms. The number of nitrogens with one attached hydrogen (secondary N) is 1. The molecule has 1 heterocycles. The normalized spacial score (nSPS) is 28.1. The van der Waals surface area contributed by atoms with Gasteiger partial charge in [0.1, 0.15) is 0 Å². The van der Waals surface area contributed by atoms with Gasteiger partial charge in [-0.25, -0.2) is 0 Å². The van der Waals surface area contributed by atoms with Crippen molar-refractivity contribution in [3.05, 3.63) is 24.6 Å². The van der Waals surface area contributed by atoms with Crippen LogP contribution in [0.3, 0.4) is 0 Å². The molecule has 38 valence electrons. The second-order valence-corrected chi connectivity index (χ2v) is 1.82. The highest BCUT2D eigenvalue weighted by Gasteiger charge is 2.04. The van der Waals surface area contributed by atoms with Gasteiger partial charge in [-0.1, -0.05) is 19.6 Å².